The zero-order chi connectivity index (χ0) is 11.7. The lowest BCUT2D eigenvalue weighted by Crippen LogP contribution is -2.10. The normalized spacial score (nSPS) is 10.4. The third-order valence-electron chi connectivity index (χ3n) is 2.17. The standard InChI is InChI=1S/C9H11N5O2/c1-5-4-6(8(15)16-3)13-14-7(5)11-12-9(14)10-2/h4H,1-3H3,(H,10,12). The van der Waals surface area contributed by atoms with Crippen LogP contribution in [0.1, 0.15) is 16.1 Å². The van der Waals surface area contributed by atoms with Crippen molar-refractivity contribution in [1.82, 2.24) is 19.8 Å². The van der Waals surface area contributed by atoms with Crippen molar-refractivity contribution in [2.24, 2.45) is 0 Å². The number of carbonyl (C=O) groups is 1. The molecule has 7 nitrogen and oxygen atoms in total. The summed E-state index contributed by atoms with van der Waals surface area (Å²) in [6.07, 6.45) is 0. The smallest absolute Gasteiger partial charge is 0.358 e. The van der Waals surface area contributed by atoms with Crippen LogP contribution >= 0.6 is 0 Å². The van der Waals surface area contributed by atoms with E-state index < -0.39 is 5.97 Å². The molecule has 16 heavy (non-hydrogen) atoms. The van der Waals surface area contributed by atoms with Gasteiger partial charge in [-0.15, -0.1) is 10.2 Å². The highest BCUT2D eigenvalue weighted by Crippen LogP contribution is 2.12. The molecule has 7 heteroatoms. The minimum atomic E-state index is -0.485. The molecule has 2 aromatic heterocycles. The molecule has 0 saturated heterocycles. The Morgan fingerprint density at radius 3 is 2.88 bits per heavy atom. The second-order valence-electron chi connectivity index (χ2n) is 3.21. The monoisotopic (exact) mass is 221 g/mol. The van der Waals surface area contributed by atoms with E-state index in [1.165, 1.54) is 11.6 Å². The van der Waals surface area contributed by atoms with Crippen molar-refractivity contribution in [1.29, 1.82) is 0 Å². The summed E-state index contributed by atoms with van der Waals surface area (Å²) in [4.78, 5) is 11.4. The van der Waals surface area contributed by atoms with E-state index in [9.17, 15) is 4.79 Å². The van der Waals surface area contributed by atoms with Crippen LogP contribution in [0.3, 0.4) is 0 Å². The number of hydrogen-bond acceptors (Lipinski definition) is 6. The minimum absolute atomic E-state index is 0.226. The topological polar surface area (TPSA) is 81.4 Å². The fourth-order valence-corrected chi connectivity index (χ4v) is 1.39. The molecule has 0 bridgehead atoms. The van der Waals surface area contributed by atoms with Crippen LogP contribution in [-0.4, -0.2) is 39.9 Å². The maximum atomic E-state index is 11.4. The largest absolute Gasteiger partial charge is 0.464 e. The maximum absolute atomic E-state index is 11.4. The molecular weight excluding hydrogens is 210 g/mol. The van der Waals surface area contributed by atoms with Gasteiger partial charge in [-0.05, 0) is 18.6 Å². The molecule has 1 N–H and O–H groups in total. The molecular formula is C9H11N5O2. The number of nitrogens with zero attached hydrogens (tertiary/aromatic N) is 4. The number of methoxy groups -OCH3 is 1. The van der Waals surface area contributed by atoms with Crippen molar-refractivity contribution >= 4 is 17.6 Å². The van der Waals surface area contributed by atoms with Crippen molar-refractivity contribution in [2.45, 2.75) is 6.92 Å². The second-order valence-corrected chi connectivity index (χ2v) is 3.21. The van der Waals surface area contributed by atoms with Gasteiger partial charge in [0, 0.05) is 7.05 Å². The van der Waals surface area contributed by atoms with E-state index in [4.69, 9.17) is 0 Å². The number of anilines is 1. The summed E-state index contributed by atoms with van der Waals surface area (Å²) >= 11 is 0. The SMILES string of the molecule is CNc1nnc2c(C)cc(C(=O)OC)nn12. The molecule has 0 atom stereocenters. The number of rotatable bonds is 2. The van der Waals surface area contributed by atoms with Gasteiger partial charge in [0.05, 0.1) is 7.11 Å². The number of ether oxygens (including phenoxy) is 1. The summed E-state index contributed by atoms with van der Waals surface area (Å²) in [5.74, 6) is -0.00962. The number of nitrogens with one attached hydrogen (secondary N) is 1. The molecule has 0 aliphatic heterocycles. The van der Waals surface area contributed by atoms with Crippen molar-refractivity contribution in [2.75, 3.05) is 19.5 Å². The van der Waals surface area contributed by atoms with Crippen LogP contribution < -0.4 is 5.32 Å². The van der Waals surface area contributed by atoms with Gasteiger partial charge in [0.25, 0.3) is 0 Å². The highest BCUT2D eigenvalue weighted by atomic mass is 16.5. The van der Waals surface area contributed by atoms with Crippen LogP contribution in [-0.2, 0) is 4.74 Å². The van der Waals surface area contributed by atoms with Crippen LogP contribution in [0.15, 0.2) is 6.07 Å². The molecule has 2 heterocycles. The van der Waals surface area contributed by atoms with Crippen LogP contribution in [0.25, 0.3) is 5.65 Å². The number of hydrogen-bond donors (Lipinski definition) is 1. The van der Waals surface area contributed by atoms with Crippen LogP contribution in [0.5, 0.6) is 0 Å². The first-order chi connectivity index (χ1) is 7.67. The molecule has 0 radical (unpaired) electrons. The predicted molar refractivity (Wildman–Crippen MR) is 56.4 cm³/mol. The average molecular weight is 221 g/mol. The van der Waals surface area contributed by atoms with E-state index in [1.807, 2.05) is 6.92 Å². The molecule has 0 aromatic carbocycles. The zero-order valence-electron chi connectivity index (χ0n) is 9.18. The lowest BCUT2D eigenvalue weighted by atomic mass is 10.3. The molecule has 0 fully saturated rings. The highest BCUT2D eigenvalue weighted by molar-refractivity contribution is 5.87. The van der Waals surface area contributed by atoms with Crippen LogP contribution in [0.4, 0.5) is 5.95 Å². The molecule has 0 saturated carbocycles. The third-order valence-corrected chi connectivity index (χ3v) is 2.17. The van der Waals surface area contributed by atoms with Gasteiger partial charge in [-0.25, -0.2) is 4.79 Å². The summed E-state index contributed by atoms with van der Waals surface area (Å²) in [5.41, 5.74) is 1.64. The van der Waals surface area contributed by atoms with E-state index in [0.717, 1.165) is 5.56 Å². The Balaban J connectivity index is 2.68. The fourth-order valence-electron chi connectivity index (χ4n) is 1.39. The van der Waals surface area contributed by atoms with Gasteiger partial charge in [0.15, 0.2) is 11.3 Å². The fraction of sp³-hybridized carbons (Fsp3) is 0.333. The predicted octanol–water partition coefficient (Wildman–Crippen LogP) is 0.261. The summed E-state index contributed by atoms with van der Waals surface area (Å²) in [6, 6.07) is 1.62. The maximum Gasteiger partial charge on any atom is 0.358 e. The zero-order valence-corrected chi connectivity index (χ0v) is 9.18. The van der Waals surface area contributed by atoms with Crippen molar-refractivity contribution in [3.63, 3.8) is 0 Å². The number of carbonyl (C=O) groups excluding carboxylic acids is 1. The third kappa shape index (κ3) is 1.46. The molecule has 0 unspecified atom stereocenters. The van der Waals surface area contributed by atoms with E-state index in [1.54, 1.807) is 13.1 Å². The Bertz CT molecular complexity index is 548. The van der Waals surface area contributed by atoms with Gasteiger partial charge in [0.1, 0.15) is 0 Å². The Labute approximate surface area is 91.4 Å². The van der Waals surface area contributed by atoms with Crippen molar-refractivity contribution in [3.8, 4) is 0 Å². The Morgan fingerprint density at radius 1 is 1.50 bits per heavy atom. The molecule has 0 amide bonds. The lowest BCUT2D eigenvalue weighted by molar-refractivity contribution is 0.0592. The van der Waals surface area contributed by atoms with Gasteiger partial charge in [-0.1, -0.05) is 0 Å². The van der Waals surface area contributed by atoms with E-state index in [0.29, 0.717) is 11.6 Å². The molecule has 0 aliphatic rings. The van der Waals surface area contributed by atoms with Crippen molar-refractivity contribution in [3.05, 3.63) is 17.3 Å². The first-order valence-electron chi connectivity index (χ1n) is 4.66. The number of fused-ring (bicyclic) bond motifs is 1. The van der Waals surface area contributed by atoms with E-state index in [-0.39, 0.29) is 5.69 Å². The second kappa shape index (κ2) is 3.76. The summed E-state index contributed by atoms with van der Waals surface area (Å²) in [5, 5.41) is 14.8. The van der Waals surface area contributed by atoms with Gasteiger partial charge in [-0.3, -0.25) is 0 Å². The van der Waals surface area contributed by atoms with Gasteiger partial charge in [0.2, 0.25) is 5.95 Å². The summed E-state index contributed by atoms with van der Waals surface area (Å²) < 4.78 is 6.09. The molecule has 2 rings (SSSR count). The van der Waals surface area contributed by atoms with Gasteiger partial charge in [-0.2, -0.15) is 9.61 Å². The Kier molecular flexibility index (Phi) is 2.43. The Hall–Kier alpha value is -2.18. The molecule has 84 valence electrons. The highest BCUT2D eigenvalue weighted by Gasteiger charge is 2.14. The van der Waals surface area contributed by atoms with Gasteiger partial charge < -0.3 is 10.1 Å². The quantitative estimate of drug-likeness (QED) is 0.732. The van der Waals surface area contributed by atoms with E-state index >= 15 is 0 Å². The van der Waals surface area contributed by atoms with Crippen LogP contribution in [0.2, 0.25) is 0 Å². The summed E-state index contributed by atoms with van der Waals surface area (Å²) in [7, 11) is 3.02. The number of aromatic nitrogens is 4. The van der Waals surface area contributed by atoms with Crippen molar-refractivity contribution < 1.29 is 9.53 Å². The molecule has 0 spiro atoms. The number of esters is 1. The average Bonchev–Trinajstić information content (AvgIpc) is 2.71. The first kappa shape index (κ1) is 10.3. The first-order valence-corrected chi connectivity index (χ1v) is 4.66. The van der Waals surface area contributed by atoms with Crippen LogP contribution in [0, 0.1) is 6.92 Å². The lowest BCUT2D eigenvalue weighted by Gasteiger charge is -2.02. The minimum Gasteiger partial charge on any atom is -0.464 e. The Morgan fingerprint density at radius 2 is 2.25 bits per heavy atom. The van der Waals surface area contributed by atoms with E-state index in [2.05, 4.69) is 25.3 Å². The van der Waals surface area contributed by atoms with Gasteiger partial charge >= 0.3 is 5.97 Å². The number of aryl methyl sites for hydroxylation is 1. The molecule has 0 aliphatic carbocycles. The summed E-state index contributed by atoms with van der Waals surface area (Å²) in [6.45, 7) is 1.83. The molecule has 2 aromatic rings.